The van der Waals surface area contributed by atoms with Crippen molar-refractivity contribution in [3.8, 4) is 11.3 Å². The lowest BCUT2D eigenvalue weighted by Crippen LogP contribution is -2.50. The number of nitrogens with one attached hydrogen (secondary N) is 1. The molecular weight excluding hydrogens is 458 g/mol. The Hall–Kier alpha value is -3.16. The van der Waals surface area contributed by atoms with E-state index in [1.54, 1.807) is 12.1 Å². The molecule has 3 rings (SSSR count). The van der Waals surface area contributed by atoms with Gasteiger partial charge in [0.2, 0.25) is 0 Å². The molecule has 1 amide bonds. The standard InChI is InChI=1S/C23H19Cl2FN2O4/c1-23(21(29)31-2,28-22(30)32-13-14-6-4-3-5-7-14)16-11-19(27-20(25)12-16)15-8-9-18(26)17(24)10-15/h3-12H,13H2,1-2H3,(H,28,30). The molecule has 1 unspecified atom stereocenters. The lowest BCUT2D eigenvalue weighted by Gasteiger charge is -2.28. The third kappa shape index (κ3) is 5.36. The average Bonchev–Trinajstić information content (AvgIpc) is 2.79. The number of amides is 1. The molecule has 0 aliphatic heterocycles. The summed E-state index contributed by atoms with van der Waals surface area (Å²) in [5, 5.41) is 2.50. The van der Waals surface area contributed by atoms with Gasteiger partial charge in [0, 0.05) is 5.56 Å². The van der Waals surface area contributed by atoms with Gasteiger partial charge in [-0.15, -0.1) is 0 Å². The van der Waals surface area contributed by atoms with Crippen LogP contribution in [0.25, 0.3) is 11.3 Å². The second kappa shape index (κ2) is 9.97. The van der Waals surface area contributed by atoms with Crippen LogP contribution in [0.1, 0.15) is 18.1 Å². The zero-order valence-electron chi connectivity index (χ0n) is 17.2. The molecule has 0 saturated carbocycles. The van der Waals surface area contributed by atoms with Gasteiger partial charge in [0.1, 0.15) is 17.6 Å². The topological polar surface area (TPSA) is 77.5 Å². The summed E-state index contributed by atoms with van der Waals surface area (Å²) in [4.78, 5) is 29.4. The maximum absolute atomic E-state index is 13.6. The van der Waals surface area contributed by atoms with Crippen LogP contribution >= 0.6 is 23.2 Å². The minimum atomic E-state index is -1.65. The van der Waals surface area contributed by atoms with Crippen LogP contribution in [-0.2, 0) is 26.4 Å². The first-order valence-corrected chi connectivity index (χ1v) is 10.2. The number of hydrogen-bond acceptors (Lipinski definition) is 5. The molecule has 0 bridgehead atoms. The van der Waals surface area contributed by atoms with E-state index in [-0.39, 0.29) is 22.3 Å². The molecular formula is C23H19Cl2FN2O4. The van der Waals surface area contributed by atoms with E-state index in [4.69, 9.17) is 32.7 Å². The molecule has 1 heterocycles. The molecule has 1 atom stereocenters. The second-order valence-electron chi connectivity index (χ2n) is 7.00. The molecule has 1 aromatic heterocycles. The highest BCUT2D eigenvalue weighted by Gasteiger charge is 2.39. The van der Waals surface area contributed by atoms with E-state index in [2.05, 4.69) is 10.3 Å². The van der Waals surface area contributed by atoms with E-state index >= 15 is 0 Å². The summed E-state index contributed by atoms with van der Waals surface area (Å²) >= 11 is 12.1. The fourth-order valence-electron chi connectivity index (χ4n) is 3.00. The number of alkyl carbamates (subject to hydrolysis) is 1. The molecule has 0 spiro atoms. The fraction of sp³-hybridized carbons (Fsp3) is 0.174. The number of hydrogen-bond donors (Lipinski definition) is 1. The predicted octanol–water partition coefficient (Wildman–Crippen LogP) is 5.51. The maximum Gasteiger partial charge on any atom is 0.408 e. The highest BCUT2D eigenvalue weighted by atomic mass is 35.5. The molecule has 2 aromatic carbocycles. The molecule has 166 valence electrons. The zero-order chi connectivity index (χ0) is 23.3. The first-order chi connectivity index (χ1) is 15.2. The van der Waals surface area contributed by atoms with Crippen molar-refractivity contribution in [1.29, 1.82) is 0 Å². The Kier molecular flexibility index (Phi) is 7.33. The number of aromatic nitrogens is 1. The third-order valence-electron chi connectivity index (χ3n) is 4.75. The van der Waals surface area contributed by atoms with Crippen LogP contribution in [0.4, 0.5) is 9.18 Å². The average molecular weight is 477 g/mol. The van der Waals surface area contributed by atoms with Gasteiger partial charge < -0.3 is 14.8 Å². The van der Waals surface area contributed by atoms with Crippen molar-refractivity contribution in [3.63, 3.8) is 0 Å². The van der Waals surface area contributed by atoms with Crippen LogP contribution in [0.15, 0.2) is 60.7 Å². The molecule has 9 heteroatoms. The number of halogens is 3. The summed E-state index contributed by atoms with van der Waals surface area (Å²) in [6.07, 6.45) is -0.832. The van der Waals surface area contributed by atoms with Crippen LogP contribution in [0.5, 0.6) is 0 Å². The van der Waals surface area contributed by atoms with Crippen LogP contribution in [0.2, 0.25) is 10.2 Å². The number of benzene rings is 2. The van der Waals surface area contributed by atoms with Crippen molar-refractivity contribution in [2.24, 2.45) is 0 Å². The fourth-order valence-corrected chi connectivity index (χ4v) is 3.39. The second-order valence-corrected chi connectivity index (χ2v) is 7.79. The summed E-state index contributed by atoms with van der Waals surface area (Å²) in [6.45, 7) is 1.47. The first-order valence-electron chi connectivity index (χ1n) is 9.43. The Labute approximate surface area is 194 Å². The Balaban J connectivity index is 1.92. The van der Waals surface area contributed by atoms with Crippen molar-refractivity contribution in [3.05, 3.63) is 87.8 Å². The summed E-state index contributed by atoms with van der Waals surface area (Å²) < 4.78 is 23.7. The van der Waals surface area contributed by atoms with Crippen molar-refractivity contribution in [2.75, 3.05) is 7.11 Å². The zero-order valence-corrected chi connectivity index (χ0v) is 18.7. The van der Waals surface area contributed by atoms with Crippen LogP contribution < -0.4 is 5.32 Å². The van der Waals surface area contributed by atoms with E-state index in [1.165, 1.54) is 44.4 Å². The number of nitrogens with zero attached hydrogens (tertiary/aromatic N) is 1. The number of esters is 1. The number of carbonyl (C=O) groups excluding carboxylic acids is 2. The van der Waals surface area contributed by atoms with Crippen molar-refractivity contribution < 1.29 is 23.5 Å². The van der Waals surface area contributed by atoms with Gasteiger partial charge in [0.15, 0.2) is 5.54 Å². The van der Waals surface area contributed by atoms with E-state index in [0.717, 1.165) is 5.56 Å². The van der Waals surface area contributed by atoms with Crippen molar-refractivity contribution >= 4 is 35.3 Å². The monoisotopic (exact) mass is 476 g/mol. The van der Waals surface area contributed by atoms with Crippen LogP contribution in [0, 0.1) is 5.82 Å². The molecule has 0 fully saturated rings. The molecule has 0 saturated heterocycles. The summed E-state index contributed by atoms with van der Waals surface area (Å²) in [5.74, 6) is -1.33. The number of rotatable bonds is 6. The van der Waals surface area contributed by atoms with Gasteiger partial charge in [-0.25, -0.2) is 19.0 Å². The molecule has 32 heavy (non-hydrogen) atoms. The Morgan fingerprint density at radius 3 is 2.47 bits per heavy atom. The van der Waals surface area contributed by atoms with E-state index in [0.29, 0.717) is 11.3 Å². The molecule has 1 N–H and O–H groups in total. The SMILES string of the molecule is COC(=O)C(C)(NC(=O)OCc1ccccc1)c1cc(Cl)nc(-c2ccc(F)c(Cl)c2)c1. The number of carbonyl (C=O) groups is 2. The van der Waals surface area contributed by atoms with Crippen molar-refractivity contribution in [2.45, 2.75) is 19.1 Å². The molecule has 0 aliphatic carbocycles. The third-order valence-corrected chi connectivity index (χ3v) is 5.23. The molecule has 3 aromatic rings. The minimum Gasteiger partial charge on any atom is -0.467 e. The van der Waals surface area contributed by atoms with Crippen LogP contribution in [-0.4, -0.2) is 24.2 Å². The number of methoxy groups -OCH3 is 1. The largest absolute Gasteiger partial charge is 0.467 e. The van der Waals surface area contributed by atoms with Gasteiger partial charge in [0.25, 0.3) is 0 Å². The maximum atomic E-state index is 13.6. The molecule has 0 radical (unpaired) electrons. The lowest BCUT2D eigenvalue weighted by molar-refractivity contribution is -0.148. The quantitative estimate of drug-likeness (QED) is 0.374. The van der Waals surface area contributed by atoms with Gasteiger partial charge in [-0.1, -0.05) is 53.5 Å². The van der Waals surface area contributed by atoms with Gasteiger partial charge in [-0.3, -0.25) is 0 Å². The van der Waals surface area contributed by atoms with Crippen molar-refractivity contribution in [1.82, 2.24) is 10.3 Å². The number of ether oxygens (including phenoxy) is 2. The highest BCUT2D eigenvalue weighted by molar-refractivity contribution is 6.31. The molecule has 6 nitrogen and oxygen atoms in total. The van der Waals surface area contributed by atoms with E-state index in [9.17, 15) is 14.0 Å². The number of pyridine rings is 1. The van der Waals surface area contributed by atoms with Crippen LogP contribution in [0.3, 0.4) is 0 Å². The minimum absolute atomic E-state index is 0.0142. The summed E-state index contributed by atoms with van der Waals surface area (Å²) in [7, 11) is 1.20. The first kappa shape index (κ1) is 23.5. The Morgan fingerprint density at radius 2 is 1.81 bits per heavy atom. The predicted molar refractivity (Wildman–Crippen MR) is 119 cm³/mol. The highest BCUT2D eigenvalue weighted by Crippen LogP contribution is 2.31. The normalized spacial score (nSPS) is 12.5. The van der Waals surface area contributed by atoms with Gasteiger partial charge in [-0.05, 0) is 48.4 Å². The lowest BCUT2D eigenvalue weighted by atomic mass is 9.91. The molecule has 0 aliphatic rings. The summed E-state index contributed by atoms with van der Waals surface area (Å²) in [6, 6.07) is 16.1. The van der Waals surface area contributed by atoms with E-state index < -0.39 is 23.4 Å². The Morgan fingerprint density at radius 1 is 1.09 bits per heavy atom. The smallest absolute Gasteiger partial charge is 0.408 e. The summed E-state index contributed by atoms with van der Waals surface area (Å²) in [5.41, 5.74) is 0.220. The van der Waals surface area contributed by atoms with E-state index in [1.807, 2.05) is 18.2 Å². The van der Waals surface area contributed by atoms with Gasteiger partial charge in [0.05, 0.1) is 17.8 Å². The van der Waals surface area contributed by atoms with Gasteiger partial charge >= 0.3 is 12.1 Å². The van der Waals surface area contributed by atoms with Gasteiger partial charge in [-0.2, -0.15) is 0 Å². The Bertz CT molecular complexity index is 1140.